The minimum atomic E-state index is -0.0747. The molecule has 0 bridgehead atoms. The van der Waals surface area contributed by atoms with Gasteiger partial charge in [0.15, 0.2) is 0 Å². The van der Waals surface area contributed by atoms with Crippen LogP contribution in [0.3, 0.4) is 0 Å². The van der Waals surface area contributed by atoms with Crippen molar-refractivity contribution in [3.63, 3.8) is 0 Å². The van der Waals surface area contributed by atoms with Crippen LogP contribution in [-0.4, -0.2) is 54.8 Å². The molecule has 0 fully saturated rings. The molecule has 0 aromatic heterocycles. The molecule has 7 heteroatoms. The smallest absolute Gasteiger partial charge is 0.236 e. The predicted molar refractivity (Wildman–Crippen MR) is 93.7 cm³/mol. The second kappa shape index (κ2) is 9.75. The molecular weight excluding hydrogens is 337 g/mol. The van der Waals surface area contributed by atoms with Crippen LogP contribution < -0.4 is 5.32 Å². The normalized spacial score (nSPS) is 10.7. The van der Waals surface area contributed by atoms with E-state index in [2.05, 4.69) is 5.32 Å². The molecule has 0 unspecified atom stereocenters. The molecule has 0 saturated carbocycles. The van der Waals surface area contributed by atoms with Gasteiger partial charge in [-0.2, -0.15) is 0 Å². The number of amides is 2. The standard InChI is InChI=1S/C16H23Cl2N3O2/c1-4-19-15(22)10-21(5-2)11-16(23)20(3)9-12-6-7-13(17)14(18)8-12/h6-8H,4-5,9-11H2,1-3H3,(H,19,22). The maximum Gasteiger partial charge on any atom is 0.236 e. The first kappa shape index (κ1) is 19.7. The van der Waals surface area contributed by atoms with E-state index >= 15 is 0 Å². The minimum Gasteiger partial charge on any atom is -0.355 e. The van der Waals surface area contributed by atoms with Crippen LogP contribution in [0, 0.1) is 0 Å². The Morgan fingerprint density at radius 2 is 1.83 bits per heavy atom. The Labute approximate surface area is 147 Å². The summed E-state index contributed by atoms with van der Waals surface area (Å²) in [7, 11) is 1.73. The van der Waals surface area contributed by atoms with Crippen LogP contribution in [0.25, 0.3) is 0 Å². The lowest BCUT2D eigenvalue weighted by Crippen LogP contribution is -2.43. The Hall–Kier alpha value is -1.30. The molecule has 0 spiro atoms. The van der Waals surface area contributed by atoms with E-state index in [0.29, 0.717) is 29.7 Å². The van der Waals surface area contributed by atoms with Crippen LogP contribution >= 0.6 is 23.2 Å². The number of hydrogen-bond acceptors (Lipinski definition) is 3. The molecule has 1 aromatic carbocycles. The molecule has 1 rings (SSSR count). The number of nitrogens with one attached hydrogen (secondary N) is 1. The zero-order chi connectivity index (χ0) is 17.4. The molecule has 1 N–H and O–H groups in total. The highest BCUT2D eigenvalue weighted by molar-refractivity contribution is 6.42. The number of carbonyl (C=O) groups is 2. The predicted octanol–water partition coefficient (Wildman–Crippen LogP) is 2.41. The van der Waals surface area contributed by atoms with Gasteiger partial charge in [-0.15, -0.1) is 0 Å². The first-order valence-electron chi connectivity index (χ1n) is 7.54. The first-order valence-corrected chi connectivity index (χ1v) is 8.29. The summed E-state index contributed by atoms with van der Waals surface area (Å²) in [6, 6.07) is 5.30. The summed E-state index contributed by atoms with van der Waals surface area (Å²) in [6.45, 7) is 5.86. The maximum atomic E-state index is 12.3. The van der Waals surface area contributed by atoms with E-state index in [1.807, 2.05) is 19.9 Å². The van der Waals surface area contributed by atoms with Crippen LogP contribution in [0.1, 0.15) is 19.4 Å². The van der Waals surface area contributed by atoms with Crippen molar-refractivity contribution in [1.82, 2.24) is 15.1 Å². The Morgan fingerprint density at radius 1 is 1.13 bits per heavy atom. The summed E-state index contributed by atoms with van der Waals surface area (Å²) in [5.41, 5.74) is 0.905. The quantitative estimate of drug-likeness (QED) is 0.775. The van der Waals surface area contributed by atoms with E-state index < -0.39 is 0 Å². The van der Waals surface area contributed by atoms with Gasteiger partial charge in [-0.25, -0.2) is 0 Å². The molecule has 5 nitrogen and oxygen atoms in total. The van der Waals surface area contributed by atoms with Gasteiger partial charge in [-0.3, -0.25) is 14.5 Å². The summed E-state index contributed by atoms with van der Waals surface area (Å²) < 4.78 is 0. The molecule has 0 saturated heterocycles. The van der Waals surface area contributed by atoms with Crippen molar-refractivity contribution in [2.45, 2.75) is 20.4 Å². The van der Waals surface area contributed by atoms with Crippen molar-refractivity contribution in [3.8, 4) is 0 Å². The highest BCUT2D eigenvalue weighted by atomic mass is 35.5. The summed E-state index contributed by atoms with van der Waals surface area (Å²) in [6.07, 6.45) is 0. The molecule has 128 valence electrons. The monoisotopic (exact) mass is 359 g/mol. The lowest BCUT2D eigenvalue weighted by Gasteiger charge is -2.23. The van der Waals surface area contributed by atoms with Gasteiger partial charge in [-0.05, 0) is 31.2 Å². The van der Waals surface area contributed by atoms with Crippen LogP contribution in [-0.2, 0) is 16.1 Å². The third kappa shape index (κ3) is 6.77. The van der Waals surface area contributed by atoms with Gasteiger partial charge in [0.1, 0.15) is 0 Å². The van der Waals surface area contributed by atoms with Crippen molar-refractivity contribution < 1.29 is 9.59 Å². The largest absolute Gasteiger partial charge is 0.355 e. The van der Waals surface area contributed by atoms with Crippen molar-refractivity contribution in [2.24, 2.45) is 0 Å². The molecule has 1 aromatic rings. The number of hydrogen-bond donors (Lipinski definition) is 1. The summed E-state index contributed by atoms with van der Waals surface area (Å²) >= 11 is 11.9. The van der Waals surface area contributed by atoms with Crippen LogP contribution in [0.2, 0.25) is 10.0 Å². The number of halogens is 2. The summed E-state index contributed by atoms with van der Waals surface area (Å²) in [4.78, 5) is 27.3. The van der Waals surface area contributed by atoms with Gasteiger partial charge < -0.3 is 10.2 Å². The molecule has 0 aliphatic heterocycles. The van der Waals surface area contributed by atoms with Gasteiger partial charge in [0.05, 0.1) is 23.1 Å². The molecule has 0 heterocycles. The zero-order valence-corrected chi connectivity index (χ0v) is 15.2. The third-order valence-corrected chi connectivity index (χ3v) is 4.12. The van der Waals surface area contributed by atoms with Crippen molar-refractivity contribution in [1.29, 1.82) is 0 Å². The average molecular weight is 360 g/mol. The number of carbonyl (C=O) groups excluding carboxylic acids is 2. The number of nitrogens with zero attached hydrogens (tertiary/aromatic N) is 2. The lowest BCUT2D eigenvalue weighted by molar-refractivity contribution is -0.132. The van der Waals surface area contributed by atoms with Crippen molar-refractivity contribution in [2.75, 3.05) is 33.2 Å². The van der Waals surface area contributed by atoms with Crippen LogP contribution in [0.5, 0.6) is 0 Å². The van der Waals surface area contributed by atoms with Crippen LogP contribution in [0.4, 0.5) is 0 Å². The molecular formula is C16H23Cl2N3O2. The Balaban J connectivity index is 2.57. The second-order valence-electron chi connectivity index (χ2n) is 5.26. The molecule has 23 heavy (non-hydrogen) atoms. The fourth-order valence-corrected chi connectivity index (χ4v) is 2.37. The Morgan fingerprint density at radius 3 is 2.39 bits per heavy atom. The van der Waals surface area contributed by atoms with Gasteiger partial charge in [0, 0.05) is 20.1 Å². The van der Waals surface area contributed by atoms with Crippen LogP contribution in [0.15, 0.2) is 18.2 Å². The Kier molecular flexibility index (Phi) is 8.37. The molecule has 0 aliphatic rings. The maximum absolute atomic E-state index is 12.3. The topological polar surface area (TPSA) is 52.7 Å². The molecule has 0 radical (unpaired) electrons. The number of benzene rings is 1. The van der Waals surface area contributed by atoms with Gasteiger partial charge >= 0.3 is 0 Å². The van der Waals surface area contributed by atoms with E-state index in [1.54, 1.807) is 29.0 Å². The van der Waals surface area contributed by atoms with E-state index in [0.717, 1.165) is 5.56 Å². The lowest BCUT2D eigenvalue weighted by atomic mass is 10.2. The van der Waals surface area contributed by atoms with Gasteiger partial charge in [-0.1, -0.05) is 36.2 Å². The van der Waals surface area contributed by atoms with Gasteiger partial charge in [0.2, 0.25) is 11.8 Å². The minimum absolute atomic E-state index is 0.0535. The number of likely N-dealkylation sites (N-methyl/N-ethyl adjacent to an activating group) is 3. The fraction of sp³-hybridized carbons (Fsp3) is 0.500. The fourth-order valence-electron chi connectivity index (χ4n) is 2.05. The SMILES string of the molecule is CCNC(=O)CN(CC)CC(=O)N(C)Cc1ccc(Cl)c(Cl)c1. The van der Waals surface area contributed by atoms with Gasteiger partial charge in [0.25, 0.3) is 0 Å². The Bertz CT molecular complexity index is 552. The average Bonchev–Trinajstić information content (AvgIpc) is 2.50. The van der Waals surface area contributed by atoms with E-state index in [1.165, 1.54) is 0 Å². The molecule has 2 amide bonds. The summed E-state index contributed by atoms with van der Waals surface area (Å²) in [5, 5.41) is 3.69. The molecule has 0 aliphatic carbocycles. The second-order valence-corrected chi connectivity index (χ2v) is 6.07. The zero-order valence-electron chi connectivity index (χ0n) is 13.7. The third-order valence-electron chi connectivity index (χ3n) is 3.38. The molecule has 0 atom stereocenters. The first-order chi connectivity index (χ1) is 10.9. The van der Waals surface area contributed by atoms with E-state index in [9.17, 15) is 9.59 Å². The highest BCUT2D eigenvalue weighted by Crippen LogP contribution is 2.23. The van der Waals surface area contributed by atoms with E-state index in [-0.39, 0.29) is 24.9 Å². The highest BCUT2D eigenvalue weighted by Gasteiger charge is 2.16. The van der Waals surface area contributed by atoms with Crippen molar-refractivity contribution in [3.05, 3.63) is 33.8 Å². The van der Waals surface area contributed by atoms with E-state index in [4.69, 9.17) is 23.2 Å². The number of rotatable bonds is 8. The van der Waals surface area contributed by atoms with Crippen molar-refractivity contribution >= 4 is 35.0 Å². The summed E-state index contributed by atoms with van der Waals surface area (Å²) in [5.74, 6) is -0.128.